The van der Waals surface area contributed by atoms with Gasteiger partial charge in [0.05, 0.1) is 5.56 Å². The van der Waals surface area contributed by atoms with E-state index in [1.54, 1.807) is 0 Å². The molecule has 9 heteroatoms. The molecule has 1 aromatic carbocycles. The lowest BCUT2D eigenvalue weighted by Gasteiger charge is -2.05. The molecule has 0 saturated heterocycles. The number of carbonyl (C=O) groups excluding carboxylic acids is 1. The second kappa shape index (κ2) is 7.57. The number of carbonyl (C=O) groups is 2. The van der Waals surface area contributed by atoms with Gasteiger partial charge in [0.15, 0.2) is 5.69 Å². The molecule has 1 amide bonds. The van der Waals surface area contributed by atoms with Crippen LogP contribution in [0.2, 0.25) is 0 Å². The molecule has 26 heavy (non-hydrogen) atoms. The number of halogens is 3. The summed E-state index contributed by atoms with van der Waals surface area (Å²) in [5.41, 5.74) is -0.622. The van der Waals surface area contributed by atoms with Crippen LogP contribution < -0.4 is 5.32 Å². The lowest BCUT2D eigenvalue weighted by atomic mass is 10.1. The van der Waals surface area contributed by atoms with Crippen LogP contribution in [0.4, 0.5) is 13.2 Å². The van der Waals surface area contributed by atoms with Crippen molar-refractivity contribution in [1.82, 2.24) is 10.3 Å². The summed E-state index contributed by atoms with van der Waals surface area (Å²) in [5.74, 6) is 2.58. The van der Waals surface area contributed by atoms with Crippen molar-refractivity contribution in [2.45, 2.75) is 6.18 Å². The molecule has 0 spiro atoms. The van der Waals surface area contributed by atoms with Crippen molar-refractivity contribution in [1.29, 1.82) is 0 Å². The Morgan fingerprint density at radius 3 is 2.27 bits per heavy atom. The molecule has 0 aliphatic heterocycles. The zero-order valence-corrected chi connectivity index (χ0v) is 13.0. The van der Waals surface area contributed by atoms with Gasteiger partial charge in [-0.2, -0.15) is 13.2 Å². The highest BCUT2D eigenvalue weighted by Crippen LogP contribution is 2.28. The highest BCUT2D eigenvalue weighted by molar-refractivity contribution is 5.96. The lowest BCUT2D eigenvalue weighted by molar-refractivity contribution is -0.138. The topological polar surface area (TPSA) is 99.5 Å². The van der Waals surface area contributed by atoms with E-state index in [1.807, 2.05) is 5.32 Å². The van der Waals surface area contributed by atoms with Crippen molar-refractivity contribution < 1.29 is 33.0 Å². The number of carboxylic acid groups (broad SMARTS) is 1. The summed E-state index contributed by atoms with van der Waals surface area (Å²) in [4.78, 5) is 25.7. The molecule has 134 valence electrons. The molecule has 0 bridgehead atoms. The molecule has 0 saturated carbocycles. The van der Waals surface area contributed by atoms with E-state index in [9.17, 15) is 27.9 Å². The van der Waals surface area contributed by atoms with Gasteiger partial charge in [0, 0.05) is 17.3 Å². The van der Waals surface area contributed by atoms with Gasteiger partial charge in [0.1, 0.15) is 12.3 Å². The van der Waals surface area contributed by atoms with Crippen LogP contribution in [0.5, 0.6) is 5.75 Å². The van der Waals surface area contributed by atoms with Crippen molar-refractivity contribution in [2.75, 3.05) is 6.54 Å². The van der Waals surface area contributed by atoms with E-state index in [-0.39, 0.29) is 11.3 Å². The third kappa shape index (κ3) is 4.98. The fraction of sp³-hybridized carbons (Fsp3) is 0.118. The third-order valence-corrected chi connectivity index (χ3v) is 3.05. The van der Waals surface area contributed by atoms with Gasteiger partial charge in [-0.25, -0.2) is 4.98 Å². The first-order valence-corrected chi connectivity index (χ1v) is 7.05. The molecule has 0 atom stereocenters. The Morgan fingerprint density at radius 2 is 1.73 bits per heavy atom. The van der Waals surface area contributed by atoms with Crippen LogP contribution in [-0.2, 0) is 11.0 Å². The number of hydrogen-bond acceptors (Lipinski definition) is 4. The van der Waals surface area contributed by atoms with E-state index in [1.165, 1.54) is 18.3 Å². The molecular weight excluding hydrogens is 353 g/mol. The number of benzene rings is 1. The third-order valence-electron chi connectivity index (χ3n) is 3.05. The molecule has 1 aromatic heterocycles. The first kappa shape index (κ1) is 18.8. The second-order valence-electron chi connectivity index (χ2n) is 4.99. The molecule has 0 unspecified atom stereocenters. The summed E-state index contributed by atoms with van der Waals surface area (Å²) in [6.45, 7) is -0.630. The maximum atomic E-state index is 12.5. The standard InChI is InChI=1S/C17H11F3N2O4/c18-17(19,20)12-5-3-10(4-6-12)1-2-11-7-13(23)15(21-8-11)16(26)22-9-14(24)25/h3-8,23H,9H2,(H,22,26)(H,24,25). The molecular formula is C17H11F3N2O4. The van der Waals surface area contributed by atoms with E-state index in [0.29, 0.717) is 5.56 Å². The van der Waals surface area contributed by atoms with Crippen molar-refractivity contribution >= 4 is 11.9 Å². The fourth-order valence-electron chi connectivity index (χ4n) is 1.82. The average molecular weight is 364 g/mol. The summed E-state index contributed by atoms with van der Waals surface area (Å²) in [7, 11) is 0. The van der Waals surface area contributed by atoms with Crippen molar-refractivity contribution in [2.24, 2.45) is 0 Å². The van der Waals surface area contributed by atoms with Gasteiger partial charge in [0.2, 0.25) is 0 Å². The molecule has 2 rings (SSSR count). The number of aromatic hydroxyl groups is 1. The minimum Gasteiger partial charge on any atom is -0.505 e. The van der Waals surface area contributed by atoms with Gasteiger partial charge in [-0.3, -0.25) is 9.59 Å². The van der Waals surface area contributed by atoms with E-state index in [4.69, 9.17) is 5.11 Å². The van der Waals surface area contributed by atoms with Crippen LogP contribution >= 0.6 is 0 Å². The number of alkyl halides is 3. The van der Waals surface area contributed by atoms with Crippen molar-refractivity contribution in [3.05, 3.63) is 58.9 Å². The van der Waals surface area contributed by atoms with Crippen LogP contribution in [0, 0.1) is 11.8 Å². The number of aliphatic carboxylic acids is 1. The predicted molar refractivity (Wildman–Crippen MR) is 83.3 cm³/mol. The summed E-state index contributed by atoms with van der Waals surface area (Å²) < 4.78 is 37.4. The van der Waals surface area contributed by atoms with Crippen LogP contribution in [-0.4, -0.2) is 33.6 Å². The van der Waals surface area contributed by atoms with Crippen molar-refractivity contribution in [3.63, 3.8) is 0 Å². The van der Waals surface area contributed by atoms with Gasteiger partial charge in [0.25, 0.3) is 5.91 Å². The van der Waals surface area contributed by atoms with Crippen LogP contribution in [0.3, 0.4) is 0 Å². The van der Waals surface area contributed by atoms with E-state index >= 15 is 0 Å². The van der Waals surface area contributed by atoms with Crippen LogP contribution in [0.1, 0.15) is 27.2 Å². The van der Waals surface area contributed by atoms with Crippen LogP contribution in [0.15, 0.2) is 36.5 Å². The largest absolute Gasteiger partial charge is 0.505 e. The maximum absolute atomic E-state index is 12.5. The van der Waals surface area contributed by atoms with Gasteiger partial charge in [-0.1, -0.05) is 11.8 Å². The zero-order chi connectivity index (χ0) is 19.3. The predicted octanol–water partition coefficient (Wildman–Crippen LogP) is 2.02. The number of hydrogen-bond donors (Lipinski definition) is 3. The Balaban J connectivity index is 2.14. The van der Waals surface area contributed by atoms with E-state index in [2.05, 4.69) is 16.8 Å². The normalized spacial score (nSPS) is 10.6. The minimum atomic E-state index is -4.43. The number of rotatable bonds is 3. The molecule has 6 nitrogen and oxygen atoms in total. The molecule has 0 aliphatic rings. The number of carboxylic acids is 1. The lowest BCUT2D eigenvalue weighted by Crippen LogP contribution is -2.29. The number of aromatic nitrogens is 1. The number of amides is 1. The molecule has 0 fully saturated rings. The summed E-state index contributed by atoms with van der Waals surface area (Å²) in [5, 5.41) is 20.3. The SMILES string of the molecule is O=C(O)CNC(=O)c1ncc(C#Cc2ccc(C(F)(F)F)cc2)cc1O. The maximum Gasteiger partial charge on any atom is 0.416 e. The Hall–Kier alpha value is -3.54. The fourth-order valence-corrected chi connectivity index (χ4v) is 1.82. The summed E-state index contributed by atoms with van der Waals surface area (Å²) in [6.07, 6.45) is -3.26. The smallest absolute Gasteiger partial charge is 0.416 e. The summed E-state index contributed by atoms with van der Waals surface area (Å²) in [6, 6.07) is 5.35. The number of nitrogens with zero attached hydrogens (tertiary/aromatic N) is 1. The quantitative estimate of drug-likeness (QED) is 0.724. The van der Waals surface area contributed by atoms with Gasteiger partial charge in [-0.15, -0.1) is 0 Å². The Morgan fingerprint density at radius 1 is 1.12 bits per heavy atom. The van der Waals surface area contributed by atoms with E-state index in [0.717, 1.165) is 18.2 Å². The Bertz CT molecular complexity index is 897. The molecule has 0 aliphatic carbocycles. The van der Waals surface area contributed by atoms with Crippen LogP contribution in [0.25, 0.3) is 0 Å². The average Bonchev–Trinajstić information content (AvgIpc) is 2.57. The Kier molecular flexibility index (Phi) is 5.47. The minimum absolute atomic E-state index is 0.220. The second-order valence-corrected chi connectivity index (χ2v) is 4.99. The summed E-state index contributed by atoms with van der Waals surface area (Å²) >= 11 is 0. The monoisotopic (exact) mass is 364 g/mol. The van der Waals surface area contributed by atoms with Crippen molar-refractivity contribution in [3.8, 4) is 17.6 Å². The van der Waals surface area contributed by atoms with Gasteiger partial charge >= 0.3 is 12.1 Å². The molecule has 1 heterocycles. The van der Waals surface area contributed by atoms with Gasteiger partial charge in [-0.05, 0) is 30.3 Å². The molecule has 0 radical (unpaired) electrons. The molecule has 2 aromatic rings. The number of pyridine rings is 1. The highest BCUT2D eigenvalue weighted by atomic mass is 19.4. The first-order valence-electron chi connectivity index (χ1n) is 7.05. The first-order chi connectivity index (χ1) is 12.2. The zero-order valence-electron chi connectivity index (χ0n) is 13.0. The Labute approximate surface area is 145 Å². The van der Waals surface area contributed by atoms with Gasteiger partial charge < -0.3 is 15.5 Å². The number of nitrogens with one attached hydrogen (secondary N) is 1. The van der Waals surface area contributed by atoms with E-state index < -0.39 is 35.9 Å². The molecule has 3 N–H and O–H groups in total. The highest BCUT2D eigenvalue weighted by Gasteiger charge is 2.29.